The van der Waals surface area contributed by atoms with E-state index in [1.165, 1.54) is 6.42 Å². The summed E-state index contributed by atoms with van der Waals surface area (Å²) in [6.45, 7) is 6.37. The van der Waals surface area contributed by atoms with Gasteiger partial charge in [-0.3, -0.25) is 4.79 Å². The average molecular weight is 289 g/mol. The summed E-state index contributed by atoms with van der Waals surface area (Å²) in [5, 5.41) is 3.05. The van der Waals surface area contributed by atoms with Gasteiger partial charge in [-0.2, -0.15) is 0 Å². The van der Waals surface area contributed by atoms with Crippen molar-refractivity contribution in [2.75, 3.05) is 26.2 Å². The molecule has 1 amide bonds. The summed E-state index contributed by atoms with van der Waals surface area (Å²) >= 11 is 0. The number of carbonyl (C=O) groups excluding carboxylic acids is 1. The third-order valence-electron chi connectivity index (χ3n) is 4.32. The summed E-state index contributed by atoms with van der Waals surface area (Å²) < 4.78 is 0. The number of hydrogen-bond donors (Lipinski definition) is 2. The number of likely N-dealkylation sites (tertiary alicyclic amines) is 1. The van der Waals surface area contributed by atoms with Crippen molar-refractivity contribution in [2.24, 2.45) is 11.7 Å². The van der Waals surface area contributed by atoms with E-state index < -0.39 is 0 Å². The number of nitrogens with one attached hydrogen (secondary N) is 1. The highest BCUT2D eigenvalue weighted by atomic mass is 16.1. The number of rotatable bonds is 7. The molecule has 4 heteroatoms. The maximum Gasteiger partial charge on any atom is 0.220 e. The Morgan fingerprint density at radius 2 is 2.19 bits per heavy atom. The maximum atomic E-state index is 11.9. The SMILES string of the molecule is CCN1CCC(CNC(=O)CCC(N)c2ccccc2)C1. The molecular formula is C17H27N3O. The molecular weight excluding hydrogens is 262 g/mol. The normalized spacial score (nSPS) is 20.4. The van der Waals surface area contributed by atoms with Crippen LogP contribution in [0.2, 0.25) is 0 Å². The van der Waals surface area contributed by atoms with E-state index in [9.17, 15) is 4.79 Å². The Balaban J connectivity index is 1.64. The summed E-state index contributed by atoms with van der Waals surface area (Å²) in [5.41, 5.74) is 7.21. The summed E-state index contributed by atoms with van der Waals surface area (Å²) in [4.78, 5) is 14.3. The Kier molecular flexibility index (Phi) is 6.21. The first kappa shape index (κ1) is 16.0. The molecule has 0 bridgehead atoms. The van der Waals surface area contributed by atoms with Crippen molar-refractivity contribution in [3.63, 3.8) is 0 Å². The molecule has 0 aromatic heterocycles. The van der Waals surface area contributed by atoms with E-state index in [4.69, 9.17) is 5.73 Å². The third-order valence-corrected chi connectivity index (χ3v) is 4.32. The molecule has 0 saturated carbocycles. The minimum Gasteiger partial charge on any atom is -0.356 e. The van der Waals surface area contributed by atoms with E-state index in [1.54, 1.807) is 0 Å². The fraction of sp³-hybridized carbons (Fsp3) is 0.588. The van der Waals surface area contributed by atoms with Gasteiger partial charge in [0.1, 0.15) is 0 Å². The molecule has 1 aromatic rings. The molecule has 0 spiro atoms. The number of nitrogens with zero attached hydrogens (tertiary/aromatic N) is 1. The van der Waals surface area contributed by atoms with Crippen molar-refractivity contribution in [1.29, 1.82) is 0 Å². The van der Waals surface area contributed by atoms with E-state index in [0.29, 0.717) is 18.8 Å². The van der Waals surface area contributed by atoms with Gasteiger partial charge in [-0.15, -0.1) is 0 Å². The highest BCUT2D eigenvalue weighted by molar-refractivity contribution is 5.75. The molecule has 116 valence electrons. The summed E-state index contributed by atoms with van der Waals surface area (Å²) in [6.07, 6.45) is 2.39. The second-order valence-electron chi connectivity index (χ2n) is 5.91. The highest BCUT2D eigenvalue weighted by Crippen LogP contribution is 2.16. The summed E-state index contributed by atoms with van der Waals surface area (Å²) in [7, 11) is 0. The lowest BCUT2D eigenvalue weighted by Gasteiger charge is -2.15. The van der Waals surface area contributed by atoms with Gasteiger partial charge in [0.15, 0.2) is 0 Å². The molecule has 0 radical (unpaired) electrons. The van der Waals surface area contributed by atoms with Crippen LogP contribution in [0.5, 0.6) is 0 Å². The van der Waals surface area contributed by atoms with Crippen LogP contribution < -0.4 is 11.1 Å². The molecule has 3 N–H and O–H groups in total. The predicted molar refractivity (Wildman–Crippen MR) is 85.8 cm³/mol. The van der Waals surface area contributed by atoms with Gasteiger partial charge in [-0.1, -0.05) is 37.3 Å². The zero-order chi connectivity index (χ0) is 15.1. The zero-order valence-electron chi connectivity index (χ0n) is 12.9. The van der Waals surface area contributed by atoms with Crippen molar-refractivity contribution < 1.29 is 4.79 Å². The molecule has 1 saturated heterocycles. The molecule has 4 nitrogen and oxygen atoms in total. The minimum atomic E-state index is -0.0565. The van der Waals surface area contributed by atoms with E-state index in [2.05, 4.69) is 17.1 Å². The van der Waals surface area contributed by atoms with Gasteiger partial charge in [0, 0.05) is 25.6 Å². The lowest BCUT2D eigenvalue weighted by molar-refractivity contribution is -0.121. The van der Waals surface area contributed by atoms with E-state index in [-0.39, 0.29) is 11.9 Å². The molecule has 1 aliphatic heterocycles. The molecule has 21 heavy (non-hydrogen) atoms. The fourth-order valence-corrected chi connectivity index (χ4v) is 2.87. The second-order valence-corrected chi connectivity index (χ2v) is 5.91. The Bertz CT molecular complexity index is 435. The van der Waals surface area contributed by atoms with Crippen LogP contribution in [0.1, 0.15) is 37.8 Å². The van der Waals surface area contributed by atoms with Crippen LogP contribution in [0.4, 0.5) is 0 Å². The van der Waals surface area contributed by atoms with Gasteiger partial charge in [0.2, 0.25) is 5.91 Å². The largest absolute Gasteiger partial charge is 0.356 e. The van der Waals surface area contributed by atoms with E-state index in [0.717, 1.165) is 31.7 Å². The maximum absolute atomic E-state index is 11.9. The van der Waals surface area contributed by atoms with Crippen LogP contribution >= 0.6 is 0 Å². The molecule has 1 aliphatic rings. The summed E-state index contributed by atoms with van der Waals surface area (Å²) in [5.74, 6) is 0.730. The minimum absolute atomic E-state index is 0.0565. The Morgan fingerprint density at radius 3 is 2.86 bits per heavy atom. The number of nitrogens with two attached hydrogens (primary N) is 1. The Hall–Kier alpha value is -1.39. The monoisotopic (exact) mass is 289 g/mol. The van der Waals surface area contributed by atoms with E-state index in [1.807, 2.05) is 30.3 Å². The van der Waals surface area contributed by atoms with Gasteiger partial charge < -0.3 is 16.0 Å². The van der Waals surface area contributed by atoms with Crippen LogP contribution in [-0.4, -0.2) is 37.0 Å². The topological polar surface area (TPSA) is 58.4 Å². The van der Waals surface area contributed by atoms with Gasteiger partial charge in [-0.25, -0.2) is 0 Å². The zero-order valence-corrected chi connectivity index (χ0v) is 12.9. The van der Waals surface area contributed by atoms with Gasteiger partial charge in [0.25, 0.3) is 0 Å². The summed E-state index contributed by atoms with van der Waals surface area (Å²) in [6, 6.07) is 9.91. The first-order valence-corrected chi connectivity index (χ1v) is 7.98. The predicted octanol–water partition coefficient (Wildman–Crippen LogP) is 1.92. The van der Waals surface area contributed by atoms with Crippen molar-refractivity contribution >= 4 is 5.91 Å². The van der Waals surface area contributed by atoms with Gasteiger partial charge in [0.05, 0.1) is 0 Å². The Morgan fingerprint density at radius 1 is 1.43 bits per heavy atom. The first-order valence-electron chi connectivity index (χ1n) is 7.98. The number of hydrogen-bond acceptors (Lipinski definition) is 3. The van der Waals surface area contributed by atoms with Crippen LogP contribution in [0, 0.1) is 5.92 Å². The van der Waals surface area contributed by atoms with E-state index >= 15 is 0 Å². The van der Waals surface area contributed by atoms with Gasteiger partial charge >= 0.3 is 0 Å². The molecule has 2 rings (SSSR count). The van der Waals surface area contributed by atoms with Crippen molar-refractivity contribution in [1.82, 2.24) is 10.2 Å². The van der Waals surface area contributed by atoms with Crippen LogP contribution in [0.3, 0.4) is 0 Å². The van der Waals surface area contributed by atoms with Crippen LogP contribution in [0.15, 0.2) is 30.3 Å². The highest BCUT2D eigenvalue weighted by Gasteiger charge is 2.21. The lowest BCUT2D eigenvalue weighted by Crippen LogP contribution is -2.31. The quantitative estimate of drug-likeness (QED) is 0.806. The Labute approximate surface area is 127 Å². The van der Waals surface area contributed by atoms with Crippen molar-refractivity contribution in [3.05, 3.63) is 35.9 Å². The van der Waals surface area contributed by atoms with Crippen LogP contribution in [0.25, 0.3) is 0 Å². The number of amides is 1. The number of benzene rings is 1. The fourth-order valence-electron chi connectivity index (χ4n) is 2.87. The molecule has 1 fully saturated rings. The van der Waals surface area contributed by atoms with Crippen molar-refractivity contribution in [2.45, 2.75) is 32.2 Å². The molecule has 1 aromatic carbocycles. The lowest BCUT2D eigenvalue weighted by atomic mass is 10.0. The second kappa shape index (κ2) is 8.15. The first-order chi connectivity index (χ1) is 10.2. The molecule has 2 unspecified atom stereocenters. The van der Waals surface area contributed by atoms with Crippen molar-refractivity contribution in [3.8, 4) is 0 Å². The average Bonchev–Trinajstić information content (AvgIpc) is 2.99. The molecule has 2 atom stereocenters. The number of carbonyl (C=O) groups is 1. The van der Waals surface area contributed by atoms with Crippen LogP contribution in [-0.2, 0) is 4.79 Å². The molecule has 0 aliphatic carbocycles. The van der Waals surface area contributed by atoms with Gasteiger partial charge in [-0.05, 0) is 37.4 Å². The third kappa shape index (κ3) is 5.14. The smallest absolute Gasteiger partial charge is 0.220 e. The molecule has 1 heterocycles. The standard InChI is InChI=1S/C17H27N3O/c1-2-20-11-10-14(13-20)12-19-17(21)9-8-16(18)15-6-4-3-5-7-15/h3-7,14,16H,2,8-13,18H2,1H3,(H,19,21).